The van der Waals surface area contributed by atoms with Crippen molar-refractivity contribution in [2.75, 3.05) is 20.2 Å². The van der Waals surface area contributed by atoms with E-state index in [4.69, 9.17) is 16.3 Å². The second-order valence-corrected chi connectivity index (χ2v) is 7.19. The molecule has 1 amide bonds. The van der Waals surface area contributed by atoms with Gasteiger partial charge in [0.1, 0.15) is 5.69 Å². The number of ether oxygens (including phenoxy) is 1. The summed E-state index contributed by atoms with van der Waals surface area (Å²) >= 11 is 6.22. The molecule has 134 valence electrons. The van der Waals surface area contributed by atoms with Crippen LogP contribution < -0.4 is 0 Å². The molecule has 0 unspecified atom stereocenters. The van der Waals surface area contributed by atoms with E-state index in [9.17, 15) is 4.79 Å². The van der Waals surface area contributed by atoms with E-state index in [0.717, 1.165) is 41.5 Å². The molecule has 0 aliphatic carbocycles. The Morgan fingerprint density at radius 2 is 2.08 bits per heavy atom. The molecule has 0 radical (unpaired) electrons. The first-order chi connectivity index (χ1) is 12.6. The molecule has 2 heterocycles. The minimum atomic E-state index is -0.0355. The minimum Gasteiger partial charge on any atom is -0.376 e. The highest BCUT2D eigenvalue weighted by Gasteiger charge is 2.25. The fourth-order valence-electron chi connectivity index (χ4n) is 3.60. The topological polar surface area (TPSA) is 45.3 Å². The third-order valence-corrected chi connectivity index (χ3v) is 5.12. The zero-order chi connectivity index (χ0) is 18.1. The predicted molar refractivity (Wildman–Crippen MR) is 105 cm³/mol. The SMILES string of the molecule is CN(C[C@H]1CCCO1)C(=O)c1[nH]c2ccc(Cl)cc2c1-c1ccccc1. The standard InChI is InChI=1S/C21H21ClN2O2/c1-24(13-16-8-5-11-26-16)21(25)20-19(14-6-3-2-4-7-14)17-12-15(22)9-10-18(17)23-20/h2-4,6-7,9-10,12,16,23H,5,8,11,13H2,1H3/t16-/m1/s1. The Balaban J connectivity index is 1.77. The number of H-pyrrole nitrogens is 1. The normalized spacial score (nSPS) is 16.9. The Labute approximate surface area is 157 Å². The van der Waals surface area contributed by atoms with E-state index >= 15 is 0 Å². The van der Waals surface area contributed by atoms with Crippen molar-refractivity contribution in [2.24, 2.45) is 0 Å². The highest BCUT2D eigenvalue weighted by molar-refractivity contribution is 6.31. The Morgan fingerprint density at radius 1 is 1.27 bits per heavy atom. The summed E-state index contributed by atoms with van der Waals surface area (Å²) in [6.07, 6.45) is 2.20. The number of likely N-dealkylation sites (N-methyl/N-ethyl adjacent to an activating group) is 1. The number of carbonyl (C=O) groups excluding carboxylic acids is 1. The minimum absolute atomic E-state index is 0.0355. The Morgan fingerprint density at radius 3 is 2.81 bits per heavy atom. The Bertz CT molecular complexity index is 930. The highest BCUT2D eigenvalue weighted by Crippen LogP contribution is 2.34. The van der Waals surface area contributed by atoms with Gasteiger partial charge in [-0.05, 0) is 36.6 Å². The molecule has 4 nitrogen and oxygen atoms in total. The van der Waals surface area contributed by atoms with Crippen molar-refractivity contribution in [1.82, 2.24) is 9.88 Å². The molecule has 1 aliphatic rings. The van der Waals surface area contributed by atoms with Gasteiger partial charge in [0, 0.05) is 41.7 Å². The lowest BCUT2D eigenvalue weighted by Gasteiger charge is -2.21. The van der Waals surface area contributed by atoms with Crippen LogP contribution in [0, 0.1) is 0 Å². The molecule has 1 aliphatic heterocycles. The molecule has 1 fully saturated rings. The molecule has 0 saturated carbocycles. The maximum absolute atomic E-state index is 13.2. The van der Waals surface area contributed by atoms with Gasteiger partial charge in [-0.2, -0.15) is 0 Å². The van der Waals surface area contributed by atoms with Gasteiger partial charge in [-0.3, -0.25) is 4.79 Å². The van der Waals surface area contributed by atoms with Crippen LogP contribution in [-0.2, 0) is 4.74 Å². The van der Waals surface area contributed by atoms with Gasteiger partial charge in [0.25, 0.3) is 5.91 Å². The number of amides is 1. The monoisotopic (exact) mass is 368 g/mol. The Hall–Kier alpha value is -2.30. The average molecular weight is 369 g/mol. The quantitative estimate of drug-likeness (QED) is 0.723. The van der Waals surface area contributed by atoms with Gasteiger partial charge in [-0.15, -0.1) is 0 Å². The largest absolute Gasteiger partial charge is 0.376 e. The van der Waals surface area contributed by atoms with Crippen LogP contribution >= 0.6 is 11.6 Å². The van der Waals surface area contributed by atoms with Gasteiger partial charge in [-0.25, -0.2) is 0 Å². The van der Waals surface area contributed by atoms with Crippen molar-refractivity contribution in [1.29, 1.82) is 0 Å². The summed E-state index contributed by atoms with van der Waals surface area (Å²) in [6.45, 7) is 1.38. The van der Waals surface area contributed by atoms with Crippen molar-refractivity contribution in [3.05, 3.63) is 59.2 Å². The van der Waals surface area contributed by atoms with E-state index in [1.807, 2.05) is 55.6 Å². The van der Waals surface area contributed by atoms with Crippen LogP contribution in [0.25, 0.3) is 22.0 Å². The van der Waals surface area contributed by atoms with Gasteiger partial charge >= 0.3 is 0 Å². The molecule has 4 rings (SSSR count). The van der Waals surface area contributed by atoms with Crippen molar-refractivity contribution in [3.63, 3.8) is 0 Å². The van der Waals surface area contributed by atoms with Crippen molar-refractivity contribution >= 4 is 28.4 Å². The number of halogens is 1. The maximum atomic E-state index is 13.2. The molecule has 1 aromatic heterocycles. The van der Waals surface area contributed by atoms with E-state index in [2.05, 4.69) is 4.98 Å². The first kappa shape index (κ1) is 17.1. The van der Waals surface area contributed by atoms with Gasteiger partial charge in [0.15, 0.2) is 0 Å². The number of nitrogens with one attached hydrogen (secondary N) is 1. The molecule has 1 N–H and O–H groups in total. The third kappa shape index (κ3) is 3.22. The molecule has 5 heteroatoms. The summed E-state index contributed by atoms with van der Waals surface area (Å²) in [7, 11) is 1.83. The van der Waals surface area contributed by atoms with E-state index in [1.165, 1.54) is 0 Å². The van der Waals surface area contributed by atoms with Gasteiger partial charge < -0.3 is 14.6 Å². The first-order valence-electron chi connectivity index (χ1n) is 8.87. The van der Waals surface area contributed by atoms with Gasteiger partial charge in [-0.1, -0.05) is 41.9 Å². The second-order valence-electron chi connectivity index (χ2n) is 6.75. The summed E-state index contributed by atoms with van der Waals surface area (Å²) in [6, 6.07) is 15.6. The number of fused-ring (bicyclic) bond motifs is 1. The molecular weight excluding hydrogens is 348 g/mol. The molecule has 0 spiro atoms. The number of aromatic nitrogens is 1. The van der Waals surface area contributed by atoms with Crippen LogP contribution in [0.2, 0.25) is 5.02 Å². The summed E-state index contributed by atoms with van der Waals surface area (Å²) in [4.78, 5) is 18.2. The van der Waals surface area contributed by atoms with E-state index in [0.29, 0.717) is 17.3 Å². The lowest BCUT2D eigenvalue weighted by Crippen LogP contribution is -2.34. The number of benzene rings is 2. The molecular formula is C21H21ClN2O2. The van der Waals surface area contributed by atoms with Crippen LogP contribution in [0.3, 0.4) is 0 Å². The molecule has 1 atom stereocenters. The van der Waals surface area contributed by atoms with Crippen molar-refractivity contribution in [3.8, 4) is 11.1 Å². The number of hydrogen-bond donors (Lipinski definition) is 1. The summed E-state index contributed by atoms with van der Waals surface area (Å²) in [5.41, 5.74) is 3.39. The third-order valence-electron chi connectivity index (χ3n) is 4.89. The van der Waals surface area contributed by atoms with Gasteiger partial charge in [0.2, 0.25) is 0 Å². The number of rotatable bonds is 4. The predicted octanol–water partition coefficient (Wildman–Crippen LogP) is 4.74. The zero-order valence-electron chi connectivity index (χ0n) is 14.7. The maximum Gasteiger partial charge on any atom is 0.270 e. The van der Waals surface area contributed by atoms with Crippen LogP contribution in [0.4, 0.5) is 0 Å². The van der Waals surface area contributed by atoms with Crippen LogP contribution in [0.15, 0.2) is 48.5 Å². The summed E-state index contributed by atoms with van der Waals surface area (Å²) in [5, 5.41) is 1.61. The number of aromatic amines is 1. The number of carbonyl (C=O) groups is 1. The fourth-order valence-corrected chi connectivity index (χ4v) is 3.77. The number of nitrogens with zero attached hydrogens (tertiary/aromatic N) is 1. The van der Waals surface area contributed by atoms with Crippen LogP contribution in [-0.4, -0.2) is 42.1 Å². The van der Waals surface area contributed by atoms with Gasteiger partial charge in [0.05, 0.1) is 6.10 Å². The van der Waals surface area contributed by atoms with Crippen LogP contribution in [0.1, 0.15) is 23.3 Å². The molecule has 1 saturated heterocycles. The van der Waals surface area contributed by atoms with Crippen LogP contribution in [0.5, 0.6) is 0 Å². The van der Waals surface area contributed by atoms with Crippen molar-refractivity contribution < 1.29 is 9.53 Å². The van der Waals surface area contributed by atoms with E-state index in [-0.39, 0.29) is 12.0 Å². The smallest absolute Gasteiger partial charge is 0.270 e. The lowest BCUT2D eigenvalue weighted by atomic mass is 10.0. The molecule has 26 heavy (non-hydrogen) atoms. The lowest BCUT2D eigenvalue weighted by molar-refractivity contribution is 0.0584. The highest BCUT2D eigenvalue weighted by atomic mass is 35.5. The summed E-state index contributed by atoms with van der Waals surface area (Å²) in [5.74, 6) is -0.0355. The second kappa shape index (κ2) is 7.14. The zero-order valence-corrected chi connectivity index (χ0v) is 15.4. The molecule has 2 aromatic carbocycles. The molecule has 3 aromatic rings. The van der Waals surface area contributed by atoms with E-state index in [1.54, 1.807) is 4.90 Å². The molecule has 0 bridgehead atoms. The fraction of sp³-hybridized carbons (Fsp3) is 0.286. The number of hydrogen-bond acceptors (Lipinski definition) is 2. The summed E-state index contributed by atoms with van der Waals surface area (Å²) < 4.78 is 5.68. The first-order valence-corrected chi connectivity index (χ1v) is 9.25. The Kier molecular flexibility index (Phi) is 4.70. The van der Waals surface area contributed by atoms with E-state index < -0.39 is 0 Å². The average Bonchev–Trinajstić information content (AvgIpc) is 3.29. The van der Waals surface area contributed by atoms with Crippen molar-refractivity contribution in [2.45, 2.75) is 18.9 Å².